The van der Waals surface area contributed by atoms with Crippen molar-refractivity contribution in [2.45, 2.75) is 19.9 Å². The summed E-state index contributed by atoms with van der Waals surface area (Å²) in [6, 6.07) is 6.20. The molecule has 2 rings (SSSR count). The highest BCUT2D eigenvalue weighted by Crippen LogP contribution is 2.36. The minimum atomic E-state index is -0.174. The highest BCUT2D eigenvalue weighted by Gasteiger charge is 2.31. The zero-order valence-corrected chi connectivity index (χ0v) is 11.9. The number of aromatic amines is 2. The fourth-order valence-electron chi connectivity index (χ4n) is 2.78. The van der Waals surface area contributed by atoms with Gasteiger partial charge < -0.3 is 20.6 Å². The van der Waals surface area contributed by atoms with E-state index in [1.165, 1.54) is 0 Å². The van der Waals surface area contributed by atoms with Crippen LogP contribution in [0.5, 0.6) is 0 Å². The number of imidazole rings is 1. The summed E-state index contributed by atoms with van der Waals surface area (Å²) in [5, 5.41) is 0. The Bertz CT molecular complexity index is 624. The van der Waals surface area contributed by atoms with Gasteiger partial charge in [0.15, 0.2) is 0 Å². The third-order valence-electron chi connectivity index (χ3n) is 3.64. The van der Waals surface area contributed by atoms with Crippen molar-refractivity contribution in [2.75, 3.05) is 20.6 Å². The highest BCUT2D eigenvalue weighted by molar-refractivity contribution is 5.75. The van der Waals surface area contributed by atoms with Crippen molar-refractivity contribution in [1.29, 1.82) is 0 Å². The Labute approximate surface area is 112 Å². The molecule has 1 heterocycles. The standard InChI is InChI=1S/C14H22N4O/c1-14(2,8-15)12(18(3)4)9-5-6-10-11(7-9)17-13(19)16-10/h5-7,12H,8,15H2,1-4H3,(H2,16,17,19). The molecule has 2 aromatic rings. The Balaban J connectivity index is 2.53. The average Bonchev–Trinajstić information content (AvgIpc) is 2.67. The summed E-state index contributed by atoms with van der Waals surface area (Å²) in [7, 11) is 4.10. The minimum absolute atomic E-state index is 0.0478. The first-order valence-corrected chi connectivity index (χ1v) is 6.43. The first-order chi connectivity index (χ1) is 8.85. The Hall–Kier alpha value is -1.59. The molecule has 0 fully saturated rings. The third-order valence-corrected chi connectivity index (χ3v) is 3.64. The van der Waals surface area contributed by atoms with Crippen LogP contribution in [-0.4, -0.2) is 35.5 Å². The highest BCUT2D eigenvalue weighted by atomic mass is 16.1. The van der Waals surface area contributed by atoms with Gasteiger partial charge in [-0.2, -0.15) is 0 Å². The first kappa shape index (κ1) is 13.8. The Morgan fingerprint density at radius 2 is 1.89 bits per heavy atom. The number of H-pyrrole nitrogens is 2. The lowest BCUT2D eigenvalue weighted by atomic mass is 9.79. The van der Waals surface area contributed by atoms with Crippen LogP contribution in [0.25, 0.3) is 11.0 Å². The van der Waals surface area contributed by atoms with E-state index in [1.807, 2.05) is 32.3 Å². The maximum Gasteiger partial charge on any atom is 0.323 e. The molecule has 19 heavy (non-hydrogen) atoms. The number of hydrogen-bond donors (Lipinski definition) is 3. The molecule has 0 saturated carbocycles. The fourth-order valence-corrected chi connectivity index (χ4v) is 2.78. The lowest BCUT2D eigenvalue weighted by molar-refractivity contribution is 0.143. The van der Waals surface area contributed by atoms with Gasteiger partial charge in [0, 0.05) is 6.04 Å². The van der Waals surface area contributed by atoms with Crippen LogP contribution in [0.4, 0.5) is 0 Å². The van der Waals surface area contributed by atoms with Gasteiger partial charge in [0.25, 0.3) is 0 Å². The zero-order chi connectivity index (χ0) is 14.2. The van der Waals surface area contributed by atoms with Gasteiger partial charge in [0.05, 0.1) is 11.0 Å². The summed E-state index contributed by atoms with van der Waals surface area (Å²) in [6.45, 7) is 4.90. The quantitative estimate of drug-likeness (QED) is 0.780. The van der Waals surface area contributed by atoms with Crippen LogP contribution in [0, 0.1) is 5.41 Å². The molecule has 104 valence electrons. The van der Waals surface area contributed by atoms with Crippen molar-refractivity contribution in [1.82, 2.24) is 14.9 Å². The maximum absolute atomic E-state index is 11.3. The largest absolute Gasteiger partial charge is 0.330 e. The van der Waals surface area contributed by atoms with Crippen LogP contribution in [0.1, 0.15) is 25.5 Å². The Kier molecular flexibility index (Phi) is 3.52. The number of fused-ring (bicyclic) bond motifs is 1. The normalized spacial score (nSPS) is 14.2. The van der Waals surface area contributed by atoms with E-state index in [2.05, 4.69) is 28.7 Å². The summed E-state index contributed by atoms with van der Waals surface area (Å²) >= 11 is 0. The summed E-state index contributed by atoms with van der Waals surface area (Å²) in [5.41, 5.74) is 8.51. The fraction of sp³-hybridized carbons (Fsp3) is 0.500. The molecule has 4 N–H and O–H groups in total. The molecule has 1 aromatic heterocycles. The van der Waals surface area contributed by atoms with Gasteiger partial charge in [-0.3, -0.25) is 0 Å². The van der Waals surface area contributed by atoms with E-state index >= 15 is 0 Å². The van der Waals surface area contributed by atoms with Gasteiger partial charge in [0.2, 0.25) is 0 Å². The second-order valence-corrected chi connectivity index (χ2v) is 5.94. The molecule has 0 bridgehead atoms. The average molecular weight is 262 g/mol. The summed E-state index contributed by atoms with van der Waals surface area (Å²) in [4.78, 5) is 19.0. The van der Waals surface area contributed by atoms with E-state index < -0.39 is 0 Å². The van der Waals surface area contributed by atoms with Crippen LogP contribution in [-0.2, 0) is 0 Å². The van der Waals surface area contributed by atoms with E-state index in [9.17, 15) is 4.79 Å². The lowest BCUT2D eigenvalue weighted by Crippen LogP contribution is -2.38. The van der Waals surface area contributed by atoms with Gasteiger partial charge in [-0.15, -0.1) is 0 Å². The first-order valence-electron chi connectivity index (χ1n) is 6.43. The topological polar surface area (TPSA) is 77.9 Å². The van der Waals surface area contributed by atoms with E-state index in [0.717, 1.165) is 16.6 Å². The van der Waals surface area contributed by atoms with E-state index in [1.54, 1.807) is 0 Å². The van der Waals surface area contributed by atoms with Crippen molar-refractivity contribution in [3.05, 3.63) is 34.2 Å². The zero-order valence-electron chi connectivity index (χ0n) is 11.9. The van der Waals surface area contributed by atoms with Crippen molar-refractivity contribution in [3.8, 4) is 0 Å². The molecule has 0 amide bonds. The lowest BCUT2D eigenvalue weighted by Gasteiger charge is -2.38. The maximum atomic E-state index is 11.3. The summed E-state index contributed by atoms with van der Waals surface area (Å²) in [5.74, 6) is 0. The number of rotatable bonds is 4. The van der Waals surface area contributed by atoms with Gasteiger partial charge in [0.1, 0.15) is 0 Å². The molecule has 0 spiro atoms. The number of nitrogens with two attached hydrogens (primary N) is 1. The van der Waals surface area contributed by atoms with Crippen molar-refractivity contribution >= 4 is 11.0 Å². The van der Waals surface area contributed by atoms with E-state index in [-0.39, 0.29) is 17.1 Å². The molecular formula is C14H22N4O. The van der Waals surface area contributed by atoms with Gasteiger partial charge >= 0.3 is 5.69 Å². The predicted molar refractivity (Wildman–Crippen MR) is 78.2 cm³/mol. The van der Waals surface area contributed by atoms with Crippen LogP contribution >= 0.6 is 0 Å². The minimum Gasteiger partial charge on any atom is -0.330 e. The third kappa shape index (κ3) is 2.57. The molecule has 0 aliphatic carbocycles. The van der Waals surface area contributed by atoms with Gasteiger partial charge in [-0.05, 0) is 43.8 Å². The monoisotopic (exact) mass is 262 g/mol. The van der Waals surface area contributed by atoms with Crippen molar-refractivity contribution in [2.24, 2.45) is 11.1 Å². The summed E-state index contributed by atoms with van der Waals surface area (Å²) in [6.07, 6.45) is 0. The molecular weight excluding hydrogens is 240 g/mol. The SMILES string of the molecule is CN(C)C(c1ccc2[nH]c(=O)[nH]c2c1)C(C)(C)CN. The second kappa shape index (κ2) is 4.83. The number of benzene rings is 1. The number of aromatic nitrogens is 2. The van der Waals surface area contributed by atoms with Crippen LogP contribution in [0.3, 0.4) is 0 Å². The second-order valence-electron chi connectivity index (χ2n) is 5.94. The van der Waals surface area contributed by atoms with Gasteiger partial charge in [-0.25, -0.2) is 4.79 Å². The molecule has 0 saturated heterocycles. The number of nitrogens with one attached hydrogen (secondary N) is 2. The Morgan fingerprint density at radius 3 is 2.47 bits per heavy atom. The molecule has 1 unspecified atom stereocenters. The Morgan fingerprint density at radius 1 is 1.26 bits per heavy atom. The molecule has 0 radical (unpaired) electrons. The summed E-state index contributed by atoms with van der Waals surface area (Å²) < 4.78 is 0. The molecule has 0 aliphatic rings. The van der Waals surface area contributed by atoms with E-state index in [0.29, 0.717) is 6.54 Å². The number of nitrogens with zero attached hydrogens (tertiary/aromatic N) is 1. The molecule has 5 nitrogen and oxygen atoms in total. The van der Waals surface area contributed by atoms with Crippen LogP contribution in [0.15, 0.2) is 23.0 Å². The molecule has 5 heteroatoms. The smallest absolute Gasteiger partial charge is 0.323 e. The molecule has 1 atom stereocenters. The van der Waals surface area contributed by atoms with Crippen LogP contribution in [0.2, 0.25) is 0 Å². The van der Waals surface area contributed by atoms with Crippen molar-refractivity contribution in [3.63, 3.8) is 0 Å². The van der Waals surface area contributed by atoms with Crippen molar-refractivity contribution < 1.29 is 0 Å². The van der Waals surface area contributed by atoms with Crippen LogP contribution < -0.4 is 11.4 Å². The molecule has 1 aromatic carbocycles. The molecule has 0 aliphatic heterocycles. The predicted octanol–water partition coefficient (Wildman–Crippen LogP) is 1.44. The number of hydrogen-bond acceptors (Lipinski definition) is 3. The van der Waals surface area contributed by atoms with Gasteiger partial charge in [-0.1, -0.05) is 19.9 Å². The van der Waals surface area contributed by atoms with E-state index in [4.69, 9.17) is 5.73 Å².